The molecule has 0 amide bonds. The molecule has 9 nitrogen and oxygen atoms in total. The maximum atomic E-state index is 8.25. The molecule has 1 fully saturated rings. The van der Waals surface area contributed by atoms with Gasteiger partial charge in [0.25, 0.3) is 0 Å². The monoisotopic (exact) mass is 885 g/mol. The number of aromatic amines is 1. The van der Waals surface area contributed by atoms with Crippen LogP contribution in [0.1, 0.15) is 12.8 Å². The minimum atomic E-state index is 0. The fourth-order valence-corrected chi connectivity index (χ4v) is 4.60. The molecule has 220 valence electrons. The average Bonchev–Trinajstić information content (AvgIpc) is 3.81. The maximum absolute atomic E-state index is 8.25. The molecule has 42 heavy (non-hydrogen) atoms. The Morgan fingerprint density at radius 1 is 0.833 bits per heavy atom. The predicted molar refractivity (Wildman–Crippen MR) is 184 cm³/mol. The molecule has 0 radical (unpaired) electrons. The van der Waals surface area contributed by atoms with E-state index < -0.39 is 0 Å². The number of rotatable bonds is 0. The zero-order valence-corrected chi connectivity index (χ0v) is 33.1. The van der Waals surface area contributed by atoms with Crippen LogP contribution in [-0.4, -0.2) is 60.2 Å². The third kappa shape index (κ3) is 13.0. The Morgan fingerprint density at radius 3 is 2.07 bits per heavy atom. The van der Waals surface area contributed by atoms with Gasteiger partial charge in [-0.3, -0.25) is 9.78 Å². The van der Waals surface area contributed by atoms with E-state index in [1.807, 2.05) is 90.7 Å². The molecule has 0 saturated carbocycles. The maximum Gasteiger partial charge on any atom is 1.00 e. The Morgan fingerprint density at radius 2 is 1.43 bits per heavy atom. The summed E-state index contributed by atoms with van der Waals surface area (Å²) in [5.41, 5.74) is 4.06. The summed E-state index contributed by atoms with van der Waals surface area (Å²) in [7, 11) is 4.55. The molecule has 0 bridgehead atoms. The Kier molecular flexibility index (Phi) is 20.2. The number of nitrogens with zero attached hydrogens (tertiary/aromatic N) is 6. The normalized spacial score (nSPS) is 11.3. The molecule has 1 N–H and O–H groups in total. The molecule has 7 rings (SSSR count). The molecule has 1 saturated heterocycles. The van der Waals surface area contributed by atoms with E-state index in [2.05, 4.69) is 96.0 Å². The number of ether oxygens (including phenoxy) is 1. The zero-order chi connectivity index (χ0) is 30.2. The summed E-state index contributed by atoms with van der Waals surface area (Å²) >= 11 is 12.3. The number of halogens is 4. The van der Waals surface area contributed by atoms with Crippen LogP contribution in [0.15, 0.2) is 80.4 Å². The number of H-pyrrole nitrogens is 1. The van der Waals surface area contributed by atoms with Gasteiger partial charge in [-0.05, 0) is 60.2 Å². The van der Waals surface area contributed by atoms with Gasteiger partial charge >= 0.3 is 29.6 Å². The van der Waals surface area contributed by atoms with Crippen molar-refractivity contribution in [2.75, 3.05) is 25.3 Å². The van der Waals surface area contributed by atoms with Crippen LogP contribution in [-0.2, 0) is 18.8 Å². The number of aryl methyl sites for hydroxylation is 2. The molecule has 0 unspecified atom stereocenters. The van der Waals surface area contributed by atoms with Gasteiger partial charge in [0.15, 0.2) is 0 Å². The van der Waals surface area contributed by atoms with Crippen molar-refractivity contribution in [1.82, 2.24) is 35.0 Å². The van der Waals surface area contributed by atoms with Crippen LogP contribution in [0, 0.1) is 0 Å². The van der Waals surface area contributed by atoms with E-state index in [0.29, 0.717) is 0 Å². The molecule has 1 aliphatic heterocycles. The van der Waals surface area contributed by atoms with E-state index in [4.69, 9.17) is 9.84 Å². The van der Waals surface area contributed by atoms with Crippen LogP contribution in [0.5, 0.6) is 0 Å². The van der Waals surface area contributed by atoms with Crippen LogP contribution in [0.2, 0.25) is 0 Å². The Balaban J connectivity index is 0.000000274. The summed E-state index contributed by atoms with van der Waals surface area (Å²) in [6.45, 7) is 2.00. The minimum Gasteiger partial charge on any atom is -0.857 e. The van der Waals surface area contributed by atoms with Gasteiger partial charge in [-0.2, -0.15) is 17.3 Å². The van der Waals surface area contributed by atoms with Crippen LogP contribution < -0.4 is 34.7 Å². The van der Waals surface area contributed by atoms with Crippen molar-refractivity contribution in [3.8, 4) is 0 Å². The largest absolute Gasteiger partial charge is 1.00 e. The van der Waals surface area contributed by atoms with E-state index in [1.54, 1.807) is 4.68 Å². The van der Waals surface area contributed by atoms with Crippen molar-refractivity contribution in [3.63, 3.8) is 0 Å². The van der Waals surface area contributed by atoms with Crippen molar-refractivity contribution in [2.24, 2.45) is 14.1 Å². The molecule has 0 spiro atoms. The van der Waals surface area contributed by atoms with Gasteiger partial charge in [-0.25, -0.2) is 4.68 Å². The Hall–Kier alpha value is -0.910. The molecular weight excluding hydrogens is 856 g/mol. The third-order valence-corrected chi connectivity index (χ3v) is 6.87. The van der Waals surface area contributed by atoms with E-state index >= 15 is 0 Å². The SMILES string of the molecule is Brc1ccc2cn[nH]c2c1.C1CCOC1.CI.C[O-].Cn1cc2ccc(Br)cc2n1.Cn1nnc2ccc(Br)cc21.[Na+]. The minimum absolute atomic E-state index is 0. The summed E-state index contributed by atoms with van der Waals surface area (Å²) in [5.74, 6) is 0. The standard InChI is InChI=1S/C8H7BrN2.C7H6BrN3.C7H5BrN2.C4H8O.CH3I.CH3O.Na/c1-11-5-6-2-3-7(9)4-8(6)10-11;1-11-7-4-5(8)2-3-6(7)9-10-11;8-6-2-1-5-4-9-10-7(5)3-6;1-2-4-5-3-1;2*1-2;/h2-5H,1H3;2-4H,1H3;1-4H,(H,9,10);1-4H2;2*1H3;/q;;;;;-1;+1. The van der Waals surface area contributed by atoms with E-state index in [-0.39, 0.29) is 29.6 Å². The molecule has 3 aromatic carbocycles. The van der Waals surface area contributed by atoms with E-state index in [0.717, 1.165) is 61.2 Å². The summed E-state index contributed by atoms with van der Waals surface area (Å²) in [4.78, 5) is 1.97. The average molecular weight is 888 g/mol. The van der Waals surface area contributed by atoms with Crippen molar-refractivity contribution < 1.29 is 39.4 Å². The number of alkyl halides is 1. The first-order valence-corrected chi connectivity index (χ1v) is 16.9. The van der Waals surface area contributed by atoms with Crippen molar-refractivity contribution in [1.29, 1.82) is 0 Å². The number of fused-ring (bicyclic) bond motifs is 3. The van der Waals surface area contributed by atoms with Crippen LogP contribution >= 0.6 is 70.4 Å². The molecule has 6 aromatic rings. The quantitative estimate of drug-likeness (QED) is 0.139. The summed E-state index contributed by atoms with van der Waals surface area (Å²) < 4.78 is 11.7. The van der Waals surface area contributed by atoms with Crippen LogP contribution in [0.4, 0.5) is 0 Å². The van der Waals surface area contributed by atoms with E-state index in [1.165, 1.54) is 18.2 Å². The van der Waals surface area contributed by atoms with Gasteiger partial charge in [0.2, 0.25) is 0 Å². The van der Waals surface area contributed by atoms with Gasteiger partial charge < -0.3 is 9.84 Å². The number of aromatic nitrogens is 7. The number of hydrogen-bond donors (Lipinski definition) is 1. The molecule has 14 heteroatoms. The second-order valence-electron chi connectivity index (χ2n) is 8.27. The van der Waals surface area contributed by atoms with Gasteiger partial charge in [0.1, 0.15) is 5.52 Å². The topological polar surface area (TPSA) is 110 Å². The Labute approximate surface area is 307 Å². The number of benzene rings is 3. The second kappa shape index (κ2) is 21.7. The third-order valence-electron chi connectivity index (χ3n) is 5.39. The van der Waals surface area contributed by atoms with Crippen LogP contribution in [0.3, 0.4) is 0 Å². The number of hydrogen-bond acceptors (Lipinski definition) is 6. The number of nitrogens with one attached hydrogen (secondary N) is 1. The van der Waals surface area contributed by atoms with Crippen molar-refractivity contribution >= 4 is 103 Å². The summed E-state index contributed by atoms with van der Waals surface area (Å²) in [6.07, 6.45) is 6.36. The molecule has 3 aromatic heterocycles. The smallest absolute Gasteiger partial charge is 0.857 e. The fourth-order valence-electron chi connectivity index (χ4n) is 3.54. The summed E-state index contributed by atoms with van der Waals surface area (Å²) in [6, 6.07) is 18.0. The first-order valence-electron chi connectivity index (χ1n) is 12.4. The van der Waals surface area contributed by atoms with Gasteiger partial charge in [0, 0.05) is 57.7 Å². The molecule has 1 aliphatic rings. The van der Waals surface area contributed by atoms with Gasteiger partial charge in [-0.1, -0.05) is 87.7 Å². The first kappa shape index (κ1) is 39.1. The van der Waals surface area contributed by atoms with Gasteiger partial charge in [-0.15, -0.1) is 5.10 Å². The second-order valence-corrected chi connectivity index (χ2v) is 11.0. The molecular formula is C28H32Br3IN7NaO2. The summed E-state index contributed by atoms with van der Waals surface area (Å²) in [5, 5.41) is 29.4. The molecule has 0 aliphatic carbocycles. The van der Waals surface area contributed by atoms with Crippen LogP contribution in [0.25, 0.3) is 32.8 Å². The van der Waals surface area contributed by atoms with Crippen molar-refractivity contribution in [3.05, 3.63) is 80.4 Å². The fraction of sp³-hybridized carbons (Fsp3) is 0.286. The van der Waals surface area contributed by atoms with E-state index in [9.17, 15) is 0 Å². The molecule has 0 atom stereocenters. The predicted octanol–water partition coefficient (Wildman–Crippen LogP) is 4.22. The van der Waals surface area contributed by atoms with Gasteiger partial charge in [0.05, 0.1) is 22.7 Å². The molecule has 4 heterocycles. The van der Waals surface area contributed by atoms with Crippen molar-refractivity contribution in [2.45, 2.75) is 12.8 Å². The first-order chi connectivity index (χ1) is 19.9. The Bertz CT molecular complexity index is 1590. The zero-order valence-electron chi connectivity index (χ0n) is 24.2.